The fraction of sp³-hybridized carbons (Fsp3) is 0.200. The van der Waals surface area contributed by atoms with E-state index in [1.807, 2.05) is 0 Å². The van der Waals surface area contributed by atoms with Crippen LogP contribution in [0.25, 0.3) is 11.1 Å². The van der Waals surface area contributed by atoms with Gasteiger partial charge in [-0.15, -0.1) is 0 Å². The summed E-state index contributed by atoms with van der Waals surface area (Å²) in [6.45, 7) is 4.35. The van der Waals surface area contributed by atoms with Crippen LogP contribution in [-0.4, -0.2) is 0 Å². The van der Waals surface area contributed by atoms with Crippen LogP contribution >= 0.6 is 31.9 Å². The highest BCUT2D eigenvalue weighted by atomic mass is 79.9. The molecule has 0 aliphatic heterocycles. The minimum Gasteiger partial charge on any atom is -0.0620 e. The van der Waals surface area contributed by atoms with Gasteiger partial charge in [0.1, 0.15) is 0 Å². The van der Waals surface area contributed by atoms with Crippen LogP contribution in [0.15, 0.2) is 45.3 Å². The molecule has 0 atom stereocenters. The van der Waals surface area contributed by atoms with Crippen molar-refractivity contribution in [2.75, 3.05) is 0 Å². The number of benzene rings is 2. The van der Waals surface area contributed by atoms with E-state index in [9.17, 15) is 0 Å². The predicted molar refractivity (Wildman–Crippen MR) is 81.4 cm³/mol. The van der Waals surface area contributed by atoms with E-state index in [0.717, 1.165) is 15.4 Å². The van der Waals surface area contributed by atoms with Crippen molar-refractivity contribution in [3.63, 3.8) is 0 Å². The first-order valence-corrected chi connectivity index (χ1v) is 7.26. The van der Waals surface area contributed by atoms with E-state index >= 15 is 0 Å². The van der Waals surface area contributed by atoms with Gasteiger partial charge >= 0.3 is 0 Å². The average Bonchev–Trinajstić information content (AvgIpc) is 2.34. The Kier molecular flexibility index (Phi) is 4.05. The van der Waals surface area contributed by atoms with Crippen molar-refractivity contribution >= 4 is 31.9 Å². The number of rotatable bonds is 2. The lowest BCUT2D eigenvalue weighted by atomic mass is 9.95. The number of hydrogen-bond donors (Lipinski definition) is 0. The second-order valence-corrected chi connectivity index (χ2v) is 5.71. The molecule has 0 fully saturated rings. The number of aryl methyl sites for hydroxylation is 2. The van der Waals surface area contributed by atoms with Gasteiger partial charge in [-0.1, -0.05) is 37.3 Å². The van der Waals surface area contributed by atoms with E-state index < -0.39 is 0 Å². The summed E-state index contributed by atoms with van der Waals surface area (Å²) < 4.78 is 2.25. The summed E-state index contributed by atoms with van der Waals surface area (Å²) >= 11 is 7.28. The van der Waals surface area contributed by atoms with Crippen LogP contribution < -0.4 is 0 Å². The third kappa shape index (κ3) is 2.48. The van der Waals surface area contributed by atoms with E-state index in [-0.39, 0.29) is 0 Å². The summed E-state index contributed by atoms with van der Waals surface area (Å²) in [7, 11) is 0. The van der Waals surface area contributed by atoms with Gasteiger partial charge in [0.2, 0.25) is 0 Å². The van der Waals surface area contributed by atoms with E-state index in [1.54, 1.807) is 0 Å². The molecule has 0 heterocycles. The molecule has 2 aromatic carbocycles. The number of halogens is 2. The monoisotopic (exact) mass is 352 g/mol. The molecule has 0 N–H and O–H groups in total. The largest absolute Gasteiger partial charge is 0.0620 e. The fourth-order valence-electron chi connectivity index (χ4n) is 2.03. The molecule has 0 unspecified atom stereocenters. The molecule has 17 heavy (non-hydrogen) atoms. The van der Waals surface area contributed by atoms with Crippen molar-refractivity contribution in [2.24, 2.45) is 0 Å². The Morgan fingerprint density at radius 3 is 2.35 bits per heavy atom. The van der Waals surface area contributed by atoms with E-state index in [4.69, 9.17) is 0 Å². The van der Waals surface area contributed by atoms with Gasteiger partial charge in [-0.3, -0.25) is 0 Å². The van der Waals surface area contributed by atoms with Crippen LogP contribution in [0.4, 0.5) is 0 Å². The quantitative estimate of drug-likeness (QED) is 0.644. The van der Waals surface area contributed by atoms with Crippen LogP contribution in [0.5, 0.6) is 0 Å². The fourth-order valence-corrected chi connectivity index (χ4v) is 2.96. The van der Waals surface area contributed by atoms with Gasteiger partial charge in [0.05, 0.1) is 0 Å². The maximum Gasteiger partial charge on any atom is 0.0398 e. The van der Waals surface area contributed by atoms with Crippen LogP contribution in [0.1, 0.15) is 18.1 Å². The lowest BCUT2D eigenvalue weighted by Crippen LogP contribution is -1.92. The summed E-state index contributed by atoms with van der Waals surface area (Å²) in [4.78, 5) is 0. The van der Waals surface area contributed by atoms with Crippen molar-refractivity contribution in [1.29, 1.82) is 0 Å². The minimum absolute atomic E-state index is 1.04. The average molecular weight is 354 g/mol. The Morgan fingerprint density at radius 1 is 1.00 bits per heavy atom. The molecule has 0 bridgehead atoms. The highest BCUT2D eigenvalue weighted by Gasteiger charge is 2.12. The van der Waals surface area contributed by atoms with Crippen molar-refractivity contribution in [2.45, 2.75) is 20.3 Å². The number of hydrogen-bond acceptors (Lipinski definition) is 0. The molecule has 0 saturated heterocycles. The van der Waals surface area contributed by atoms with Crippen LogP contribution in [0.3, 0.4) is 0 Å². The lowest BCUT2D eigenvalue weighted by Gasteiger charge is -2.14. The van der Waals surface area contributed by atoms with Crippen molar-refractivity contribution in [3.05, 3.63) is 56.5 Å². The zero-order chi connectivity index (χ0) is 12.4. The standard InChI is InChI=1S/C15H14Br2/c1-3-11-8-9-13(16)15(17)14(11)12-7-5-4-6-10(12)2/h4-9H,3H2,1-2H3. The van der Waals surface area contributed by atoms with Crippen LogP contribution in [0.2, 0.25) is 0 Å². The highest BCUT2D eigenvalue weighted by molar-refractivity contribution is 9.13. The second kappa shape index (κ2) is 5.36. The molecule has 0 amide bonds. The Morgan fingerprint density at radius 2 is 1.71 bits per heavy atom. The SMILES string of the molecule is CCc1ccc(Br)c(Br)c1-c1ccccc1C. The lowest BCUT2D eigenvalue weighted by molar-refractivity contribution is 1.14. The highest BCUT2D eigenvalue weighted by Crippen LogP contribution is 2.38. The minimum atomic E-state index is 1.04. The van der Waals surface area contributed by atoms with Gasteiger partial charge in [0.15, 0.2) is 0 Å². The topological polar surface area (TPSA) is 0 Å². The van der Waals surface area contributed by atoms with Crippen LogP contribution in [-0.2, 0) is 6.42 Å². The zero-order valence-electron chi connectivity index (χ0n) is 9.93. The molecule has 0 radical (unpaired) electrons. The van der Waals surface area contributed by atoms with Gasteiger partial charge in [-0.25, -0.2) is 0 Å². The molecule has 0 spiro atoms. The van der Waals surface area contributed by atoms with Gasteiger partial charge < -0.3 is 0 Å². The summed E-state index contributed by atoms with van der Waals surface area (Å²) in [5.41, 5.74) is 5.29. The maximum absolute atomic E-state index is 3.70. The summed E-state index contributed by atoms with van der Waals surface area (Å²) in [6, 6.07) is 12.8. The molecule has 88 valence electrons. The molecular weight excluding hydrogens is 340 g/mol. The van der Waals surface area contributed by atoms with E-state index in [0.29, 0.717) is 0 Å². The van der Waals surface area contributed by atoms with Crippen molar-refractivity contribution in [3.8, 4) is 11.1 Å². The second-order valence-electron chi connectivity index (χ2n) is 4.06. The third-order valence-electron chi connectivity index (χ3n) is 2.98. The van der Waals surface area contributed by atoms with Crippen molar-refractivity contribution in [1.82, 2.24) is 0 Å². The van der Waals surface area contributed by atoms with Gasteiger partial charge in [0.25, 0.3) is 0 Å². The van der Waals surface area contributed by atoms with Crippen molar-refractivity contribution < 1.29 is 0 Å². The van der Waals surface area contributed by atoms with Gasteiger partial charge in [0, 0.05) is 14.5 Å². The molecule has 2 aromatic rings. The van der Waals surface area contributed by atoms with E-state index in [1.165, 1.54) is 22.3 Å². The first kappa shape index (κ1) is 12.8. The Balaban J connectivity index is 2.74. The summed E-state index contributed by atoms with van der Waals surface area (Å²) in [5.74, 6) is 0. The predicted octanol–water partition coefficient (Wildman–Crippen LogP) is 5.75. The van der Waals surface area contributed by atoms with Gasteiger partial charge in [-0.2, -0.15) is 0 Å². The molecule has 0 aliphatic carbocycles. The normalized spacial score (nSPS) is 10.6. The summed E-state index contributed by atoms with van der Waals surface area (Å²) in [6.07, 6.45) is 1.04. The Bertz CT molecular complexity index is 545. The first-order valence-electron chi connectivity index (χ1n) is 5.68. The van der Waals surface area contributed by atoms with Crippen LogP contribution in [0, 0.1) is 6.92 Å². The third-order valence-corrected chi connectivity index (χ3v) is 4.99. The van der Waals surface area contributed by atoms with E-state index in [2.05, 4.69) is 82.1 Å². The molecule has 0 aliphatic rings. The molecule has 2 rings (SSSR count). The molecule has 2 heteroatoms. The van der Waals surface area contributed by atoms with Gasteiger partial charge in [-0.05, 0) is 68.0 Å². The maximum atomic E-state index is 3.70. The molecule has 0 nitrogen and oxygen atoms in total. The molecular formula is C15H14Br2. The smallest absolute Gasteiger partial charge is 0.0398 e. The molecule has 0 saturated carbocycles. The summed E-state index contributed by atoms with van der Waals surface area (Å²) in [5, 5.41) is 0. The Labute approximate surface area is 119 Å². The molecule has 0 aromatic heterocycles. The Hall–Kier alpha value is -0.600. The zero-order valence-corrected chi connectivity index (χ0v) is 13.1. The first-order chi connectivity index (χ1) is 8.15.